The van der Waals surface area contributed by atoms with E-state index in [9.17, 15) is 10.3 Å². The first kappa shape index (κ1) is 9.45. The van der Waals surface area contributed by atoms with Gasteiger partial charge in [0.25, 0.3) is 6.33 Å². The van der Waals surface area contributed by atoms with Crippen molar-refractivity contribution in [2.75, 3.05) is 0 Å². The molecule has 0 aliphatic carbocycles. The highest BCUT2D eigenvalue weighted by Gasteiger charge is 2.01. The predicted octanol–water partition coefficient (Wildman–Crippen LogP) is 1.01. The molecule has 0 aliphatic heterocycles. The van der Waals surface area contributed by atoms with Crippen LogP contribution in [-0.2, 0) is 6.42 Å². The second-order valence-corrected chi connectivity index (χ2v) is 3.30. The quantitative estimate of drug-likeness (QED) is 0.584. The SMILES string of the molecule is [O-][n+]1cncc(Cc2cccc(O)c2)c1. The molecule has 0 saturated heterocycles. The first-order chi connectivity index (χ1) is 7.24. The molecule has 1 heterocycles. The van der Waals surface area contributed by atoms with Gasteiger partial charge in [-0.1, -0.05) is 17.1 Å². The van der Waals surface area contributed by atoms with Crippen LogP contribution in [0.4, 0.5) is 0 Å². The van der Waals surface area contributed by atoms with E-state index in [0.29, 0.717) is 11.2 Å². The number of aromatic hydroxyl groups is 1. The fraction of sp³-hybridized carbons (Fsp3) is 0.0909. The van der Waals surface area contributed by atoms with Gasteiger partial charge in [-0.3, -0.25) is 0 Å². The van der Waals surface area contributed by atoms with Crippen LogP contribution in [0.1, 0.15) is 11.1 Å². The summed E-state index contributed by atoms with van der Waals surface area (Å²) in [4.78, 5) is 3.79. The van der Waals surface area contributed by atoms with Gasteiger partial charge in [-0.2, -0.15) is 0 Å². The predicted molar refractivity (Wildman–Crippen MR) is 54.1 cm³/mol. The lowest BCUT2D eigenvalue weighted by molar-refractivity contribution is -0.609. The molecule has 0 aliphatic rings. The van der Waals surface area contributed by atoms with Crippen molar-refractivity contribution in [2.45, 2.75) is 6.42 Å². The molecule has 0 fully saturated rings. The Labute approximate surface area is 87.0 Å². The first-order valence-electron chi connectivity index (χ1n) is 4.54. The Morgan fingerprint density at radius 3 is 2.93 bits per heavy atom. The van der Waals surface area contributed by atoms with Gasteiger partial charge in [0.15, 0.2) is 0 Å². The maximum absolute atomic E-state index is 11.0. The van der Waals surface area contributed by atoms with Gasteiger partial charge in [-0.25, -0.2) is 4.73 Å². The molecular formula is C11H10N2O2. The van der Waals surface area contributed by atoms with E-state index in [1.165, 1.54) is 12.5 Å². The molecule has 0 saturated carbocycles. The van der Waals surface area contributed by atoms with E-state index in [1.54, 1.807) is 24.4 Å². The monoisotopic (exact) mass is 202 g/mol. The average Bonchev–Trinajstić information content (AvgIpc) is 2.17. The number of phenolic OH excluding ortho intramolecular Hbond substituents is 1. The van der Waals surface area contributed by atoms with E-state index in [2.05, 4.69) is 4.98 Å². The van der Waals surface area contributed by atoms with Crippen molar-refractivity contribution < 1.29 is 9.84 Å². The van der Waals surface area contributed by atoms with Gasteiger partial charge in [0.05, 0.1) is 0 Å². The zero-order valence-corrected chi connectivity index (χ0v) is 8.00. The molecule has 1 aromatic carbocycles. The van der Waals surface area contributed by atoms with Crippen LogP contribution in [0, 0.1) is 5.21 Å². The summed E-state index contributed by atoms with van der Waals surface area (Å²) in [6, 6.07) is 6.94. The summed E-state index contributed by atoms with van der Waals surface area (Å²) in [7, 11) is 0. The van der Waals surface area contributed by atoms with Gasteiger partial charge >= 0.3 is 0 Å². The number of benzene rings is 1. The van der Waals surface area contributed by atoms with Gasteiger partial charge in [-0.15, -0.1) is 0 Å². The van der Waals surface area contributed by atoms with E-state index in [-0.39, 0.29) is 5.75 Å². The highest BCUT2D eigenvalue weighted by Crippen LogP contribution is 2.13. The molecule has 2 rings (SSSR count). The third-order valence-corrected chi connectivity index (χ3v) is 2.03. The Kier molecular flexibility index (Phi) is 2.49. The Morgan fingerprint density at radius 1 is 1.33 bits per heavy atom. The molecule has 4 nitrogen and oxygen atoms in total. The Morgan fingerprint density at radius 2 is 2.20 bits per heavy atom. The number of rotatable bonds is 2. The standard InChI is InChI=1S/C11H10N2O2/c14-11-3-1-2-9(5-11)4-10-6-12-8-13(15)7-10/h1-3,5-8,14H,4H2. The van der Waals surface area contributed by atoms with Gasteiger partial charge in [0.2, 0.25) is 0 Å². The number of phenols is 1. The summed E-state index contributed by atoms with van der Waals surface area (Å²) in [6.07, 6.45) is 4.89. The minimum atomic E-state index is 0.228. The van der Waals surface area contributed by atoms with Gasteiger partial charge < -0.3 is 10.3 Å². The van der Waals surface area contributed by atoms with Gasteiger partial charge in [0, 0.05) is 12.0 Å². The van der Waals surface area contributed by atoms with E-state index in [0.717, 1.165) is 11.1 Å². The lowest BCUT2D eigenvalue weighted by atomic mass is 10.1. The fourth-order valence-electron chi connectivity index (χ4n) is 1.42. The molecule has 0 bridgehead atoms. The largest absolute Gasteiger partial charge is 0.711 e. The number of hydrogen-bond donors (Lipinski definition) is 1. The van der Waals surface area contributed by atoms with Crippen molar-refractivity contribution in [2.24, 2.45) is 0 Å². The van der Waals surface area contributed by atoms with Crippen molar-refractivity contribution in [1.82, 2.24) is 4.98 Å². The Hall–Kier alpha value is -2.10. The number of hydrogen-bond acceptors (Lipinski definition) is 3. The van der Waals surface area contributed by atoms with Crippen LogP contribution < -0.4 is 4.73 Å². The van der Waals surface area contributed by atoms with Crippen LogP contribution in [0.25, 0.3) is 0 Å². The first-order valence-corrected chi connectivity index (χ1v) is 4.54. The summed E-state index contributed by atoms with van der Waals surface area (Å²) in [6.45, 7) is 0. The lowest BCUT2D eigenvalue weighted by Gasteiger charge is -2.02. The molecule has 15 heavy (non-hydrogen) atoms. The van der Waals surface area contributed by atoms with Crippen LogP contribution in [-0.4, -0.2) is 10.1 Å². The summed E-state index contributed by atoms with van der Waals surface area (Å²) >= 11 is 0. The Balaban J connectivity index is 2.22. The highest BCUT2D eigenvalue weighted by molar-refractivity contribution is 5.30. The normalized spacial score (nSPS) is 10.1. The fourth-order valence-corrected chi connectivity index (χ4v) is 1.42. The summed E-state index contributed by atoms with van der Waals surface area (Å²) in [5.74, 6) is 0.228. The van der Waals surface area contributed by atoms with Crippen molar-refractivity contribution >= 4 is 0 Å². The third kappa shape index (κ3) is 2.43. The molecule has 76 valence electrons. The summed E-state index contributed by atoms with van der Waals surface area (Å²) < 4.78 is 0.665. The summed E-state index contributed by atoms with van der Waals surface area (Å²) in [5, 5.41) is 20.2. The number of aromatic nitrogens is 2. The van der Waals surface area contributed by atoms with Crippen LogP contribution in [0.15, 0.2) is 43.0 Å². The maximum Gasteiger partial charge on any atom is 0.289 e. The minimum Gasteiger partial charge on any atom is -0.711 e. The summed E-state index contributed by atoms with van der Waals surface area (Å²) in [5.41, 5.74) is 1.76. The zero-order valence-electron chi connectivity index (χ0n) is 8.00. The van der Waals surface area contributed by atoms with Crippen LogP contribution in [0.3, 0.4) is 0 Å². The smallest absolute Gasteiger partial charge is 0.289 e. The molecule has 1 N–H and O–H groups in total. The van der Waals surface area contributed by atoms with Crippen LogP contribution in [0.5, 0.6) is 5.75 Å². The second-order valence-electron chi connectivity index (χ2n) is 3.30. The molecular weight excluding hydrogens is 192 g/mol. The van der Waals surface area contributed by atoms with Crippen molar-refractivity contribution in [3.05, 3.63) is 59.3 Å². The molecule has 0 unspecified atom stereocenters. The van der Waals surface area contributed by atoms with Crippen molar-refractivity contribution in [3.8, 4) is 5.75 Å². The van der Waals surface area contributed by atoms with Crippen molar-refractivity contribution in [3.63, 3.8) is 0 Å². The lowest BCUT2D eigenvalue weighted by Crippen LogP contribution is -2.26. The third-order valence-electron chi connectivity index (χ3n) is 2.03. The second kappa shape index (κ2) is 3.96. The molecule has 1 aromatic heterocycles. The van der Waals surface area contributed by atoms with E-state index < -0.39 is 0 Å². The maximum atomic E-state index is 11.0. The zero-order chi connectivity index (χ0) is 10.7. The van der Waals surface area contributed by atoms with Crippen molar-refractivity contribution in [1.29, 1.82) is 0 Å². The highest BCUT2D eigenvalue weighted by atomic mass is 16.5. The molecule has 2 aromatic rings. The van der Waals surface area contributed by atoms with Crippen LogP contribution >= 0.6 is 0 Å². The van der Waals surface area contributed by atoms with Gasteiger partial charge in [0.1, 0.15) is 18.1 Å². The molecule has 0 amide bonds. The topological polar surface area (TPSA) is 60.1 Å². The minimum absolute atomic E-state index is 0.228. The van der Waals surface area contributed by atoms with E-state index >= 15 is 0 Å². The van der Waals surface area contributed by atoms with E-state index in [4.69, 9.17) is 0 Å². The molecule has 4 heteroatoms. The molecule has 0 spiro atoms. The Bertz CT molecular complexity index is 428. The van der Waals surface area contributed by atoms with Gasteiger partial charge in [-0.05, 0) is 17.7 Å². The van der Waals surface area contributed by atoms with E-state index in [1.807, 2.05) is 6.07 Å². The molecule has 0 atom stereocenters. The molecule has 0 radical (unpaired) electrons. The van der Waals surface area contributed by atoms with Crippen LogP contribution in [0.2, 0.25) is 0 Å². The number of nitrogens with zero attached hydrogens (tertiary/aromatic N) is 2. The average molecular weight is 202 g/mol.